The number of nitrogens with one attached hydrogen (secondary N) is 1. The highest BCUT2D eigenvalue weighted by molar-refractivity contribution is 7.98. The number of aromatic nitrogens is 3. The maximum Gasteiger partial charge on any atom is 0.322 e. The molecule has 21 heavy (non-hydrogen) atoms. The standard InChI is InChI=1S/C15H20N4OS/c1-4-16-13-17-14(20-5-2)19-15(18-13)21-10-12-8-6-7-11(3)9-12/h6-9H,4-5,10H2,1-3H3,(H,16,17,18,19). The zero-order valence-corrected chi connectivity index (χ0v) is 13.4. The van der Waals surface area contributed by atoms with Gasteiger partial charge in [0.05, 0.1) is 6.61 Å². The van der Waals surface area contributed by atoms with Crippen molar-refractivity contribution in [2.75, 3.05) is 18.5 Å². The van der Waals surface area contributed by atoms with Gasteiger partial charge in [0, 0.05) is 12.3 Å². The van der Waals surface area contributed by atoms with Crippen LogP contribution in [0.3, 0.4) is 0 Å². The Bertz CT molecular complexity index is 567. The zero-order chi connectivity index (χ0) is 15.1. The summed E-state index contributed by atoms with van der Waals surface area (Å²) < 4.78 is 5.39. The monoisotopic (exact) mass is 304 g/mol. The summed E-state index contributed by atoms with van der Waals surface area (Å²) in [5.74, 6) is 1.38. The lowest BCUT2D eigenvalue weighted by Crippen LogP contribution is -2.07. The van der Waals surface area contributed by atoms with Gasteiger partial charge >= 0.3 is 6.01 Å². The summed E-state index contributed by atoms with van der Waals surface area (Å²) in [7, 11) is 0. The molecular formula is C15H20N4OS. The van der Waals surface area contributed by atoms with Crippen LogP contribution in [0.25, 0.3) is 0 Å². The van der Waals surface area contributed by atoms with Crippen molar-refractivity contribution in [3.05, 3.63) is 35.4 Å². The minimum Gasteiger partial charge on any atom is -0.464 e. The van der Waals surface area contributed by atoms with Gasteiger partial charge in [-0.25, -0.2) is 0 Å². The number of hydrogen-bond acceptors (Lipinski definition) is 6. The number of rotatable bonds is 7. The molecule has 112 valence electrons. The van der Waals surface area contributed by atoms with E-state index in [9.17, 15) is 0 Å². The second-order valence-electron chi connectivity index (χ2n) is 4.47. The van der Waals surface area contributed by atoms with E-state index < -0.39 is 0 Å². The summed E-state index contributed by atoms with van der Waals surface area (Å²) in [5, 5.41) is 3.77. The van der Waals surface area contributed by atoms with Crippen LogP contribution >= 0.6 is 11.8 Å². The number of ether oxygens (including phenoxy) is 1. The van der Waals surface area contributed by atoms with E-state index in [2.05, 4.69) is 51.5 Å². The number of aryl methyl sites for hydroxylation is 1. The van der Waals surface area contributed by atoms with Crippen LogP contribution in [-0.4, -0.2) is 28.1 Å². The summed E-state index contributed by atoms with van der Waals surface area (Å²) in [6.07, 6.45) is 0. The van der Waals surface area contributed by atoms with E-state index in [1.54, 1.807) is 11.8 Å². The molecule has 1 aromatic heterocycles. The van der Waals surface area contributed by atoms with Crippen molar-refractivity contribution in [1.29, 1.82) is 0 Å². The van der Waals surface area contributed by atoms with Crippen molar-refractivity contribution in [3.63, 3.8) is 0 Å². The molecule has 0 aliphatic rings. The molecule has 1 aromatic carbocycles. The first-order valence-corrected chi connectivity index (χ1v) is 8.01. The SMILES string of the molecule is CCNc1nc(OCC)nc(SCc2cccc(C)c2)n1. The van der Waals surface area contributed by atoms with Crippen LogP contribution in [0.1, 0.15) is 25.0 Å². The zero-order valence-electron chi connectivity index (χ0n) is 12.6. The fourth-order valence-electron chi connectivity index (χ4n) is 1.78. The summed E-state index contributed by atoms with van der Waals surface area (Å²) in [6.45, 7) is 7.31. The van der Waals surface area contributed by atoms with Gasteiger partial charge in [-0.2, -0.15) is 15.0 Å². The average Bonchev–Trinajstić information content (AvgIpc) is 2.46. The third-order valence-electron chi connectivity index (χ3n) is 2.65. The summed E-state index contributed by atoms with van der Waals surface area (Å²) in [6, 6.07) is 8.80. The number of benzene rings is 1. The third-order valence-corrected chi connectivity index (χ3v) is 3.57. The van der Waals surface area contributed by atoms with Gasteiger partial charge in [-0.15, -0.1) is 0 Å². The average molecular weight is 304 g/mol. The summed E-state index contributed by atoms with van der Waals surface area (Å²) >= 11 is 1.58. The largest absolute Gasteiger partial charge is 0.464 e. The molecule has 0 radical (unpaired) electrons. The Kier molecular flexibility index (Phi) is 5.80. The van der Waals surface area contributed by atoms with Crippen molar-refractivity contribution < 1.29 is 4.74 Å². The molecule has 5 nitrogen and oxygen atoms in total. The molecular weight excluding hydrogens is 284 g/mol. The molecule has 0 saturated carbocycles. The molecule has 0 amide bonds. The molecule has 0 fully saturated rings. The Morgan fingerprint density at radius 1 is 1.19 bits per heavy atom. The maximum atomic E-state index is 5.39. The Hall–Kier alpha value is -1.82. The molecule has 1 heterocycles. The van der Waals surface area contributed by atoms with Gasteiger partial charge in [-0.3, -0.25) is 0 Å². The van der Waals surface area contributed by atoms with Crippen LogP contribution in [0.5, 0.6) is 6.01 Å². The first-order chi connectivity index (χ1) is 10.2. The van der Waals surface area contributed by atoms with Gasteiger partial charge in [-0.1, -0.05) is 41.6 Å². The Morgan fingerprint density at radius 2 is 2.05 bits per heavy atom. The fourth-order valence-corrected chi connectivity index (χ4v) is 2.55. The van der Waals surface area contributed by atoms with Crippen molar-refractivity contribution in [3.8, 4) is 6.01 Å². The second-order valence-corrected chi connectivity index (χ2v) is 5.41. The molecule has 2 aromatic rings. The smallest absolute Gasteiger partial charge is 0.322 e. The lowest BCUT2D eigenvalue weighted by atomic mass is 10.2. The van der Waals surface area contributed by atoms with Gasteiger partial charge in [0.15, 0.2) is 5.16 Å². The van der Waals surface area contributed by atoms with E-state index in [1.165, 1.54) is 11.1 Å². The Balaban J connectivity index is 2.10. The van der Waals surface area contributed by atoms with Crippen molar-refractivity contribution in [2.45, 2.75) is 31.7 Å². The number of anilines is 1. The van der Waals surface area contributed by atoms with E-state index in [-0.39, 0.29) is 0 Å². The van der Waals surface area contributed by atoms with Crippen molar-refractivity contribution in [2.24, 2.45) is 0 Å². The highest BCUT2D eigenvalue weighted by Crippen LogP contribution is 2.22. The lowest BCUT2D eigenvalue weighted by Gasteiger charge is -2.07. The topological polar surface area (TPSA) is 59.9 Å². The van der Waals surface area contributed by atoms with Gasteiger partial charge in [0.25, 0.3) is 0 Å². The van der Waals surface area contributed by atoms with Crippen LogP contribution < -0.4 is 10.1 Å². The van der Waals surface area contributed by atoms with Gasteiger partial charge in [-0.05, 0) is 26.3 Å². The van der Waals surface area contributed by atoms with E-state index in [4.69, 9.17) is 4.74 Å². The molecule has 0 aliphatic heterocycles. The van der Waals surface area contributed by atoms with Crippen LogP contribution in [0.15, 0.2) is 29.4 Å². The van der Waals surface area contributed by atoms with Gasteiger partial charge < -0.3 is 10.1 Å². The Labute approximate surface area is 129 Å². The minimum absolute atomic E-state index is 0.371. The molecule has 0 aliphatic carbocycles. The molecule has 0 unspecified atom stereocenters. The second kappa shape index (κ2) is 7.83. The maximum absolute atomic E-state index is 5.39. The first-order valence-electron chi connectivity index (χ1n) is 7.02. The molecule has 2 rings (SSSR count). The van der Waals surface area contributed by atoms with Crippen LogP contribution in [-0.2, 0) is 5.75 Å². The highest BCUT2D eigenvalue weighted by atomic mass is 32.2. The molecule has 0 saturated heterocycles. The van der Waals surface area contributed by atoms with Gasteiger partial charge in [0.1, 0.15) is 0 Å². The number of thioether (sulfide) groups is 1. The van der Waals surface area contributed by atoms with E-state index in [0.29, 0.717) is 23.7 Å². The minimum atomic E-state index is 0.371. The van der Waals surface area contributed by atoms with Gasteiger partial charge in [0.2, 0.25) is 5.95 Å². The van der Waals surface area contributed by atoms with Crippen LogP contribution in [0.2, 0.25) is 0 Å². The molecule has 0 spiro atoms. The fraction of sp³-hybridized carbons (Fsp3) is 0.400. The lowest BCUT2D eigenvalue weighted by molar-refractivity contribution is 0.308. The third kappa shape index (κ3) is 4.90. The first kappa shape index (κ1) is 15.6. The quantitative estimate of drug-likeness (QED) is 0.792. The van der Waals surface area contributed by atoms with Crippen molar-refractivity contribution in [1.82, 2.24) is 15.0 Å². The number of nitrogens with zero attached hydrogens (tertiary/aromatic N) is 3. The van der Waals surface area contributed by atoms with Crippen molar-refractivity contribution >= 4 is 17.7 Å². The van der Waals surface area contributed by atoms with Crippen LogP contribution in [0, 0.1) is 6.92 Å². The van der Waals surface area contributed by atoms with E-state index >= 15 is 0 Å². The van der Waals surface area contributed by atoms with E-state index in [1.807, 2.05) is 13.8 Å². The molecule has 0 bridgehead atoms. The molecule has 1 N–H and O–H groups in total. The predicted molar refractivity (Wildman–Crippen MR) is 85.9 cm³/mol. The predicted octanol–water partition coefficient (Wildman–Crippen LogP) is 3.30. The highest BCUT2D eigenvalue weighted by Gasteiger charge is 2.08. The summed E-state index contributed by atoms with van der Waals surface area (Å²) in [5.41, 5.74) is 2.51. The molecule has 0 atom stereocenters. The Morgan fingerprint density at radius 3 is 2.76 bits per heavy atom. The van der Waals surface area contributed by atoms with Crippen LogP contribution in [0.4, 0.5) is 5.95 Å². The molecule has 6 heteroatoms. The number of hydrogen-bond donors (Lipinski definition) is 1. The normalized spacial score (nSPS) is 10.4. The van der Waals surface area contributed by atoms with E-state index in [0.717, 1.165) is 12.3 Å². The summed E-state index contributed by atoms with van der Waals surface area (Å²) in [4.78, 5) is 12.9.